The first-order valence-electron chi connectivity index (χ1n) is 18.2. The van der Waals surface area contributed by atoms with Gasteiger partial charge in [-0.2, -0.15) is 0 Å². The average molecular weight is 641 g/mol. The summed E-state index contributed by atoms with van der Waals surface area (Å²) in [6.07, 6.45) is 4.65. The fourth-order valence-corrected chi connectivity index (χ4v) is 9.32. The van der Waals surface area contributed by atoms with Crippen molar-refractivity contribution in [3.8, 4) is 0 Å². The number of rotatable bonds is 2. The van der Waals surface area contributed by atoms with Gasteiger partial charge in [-0.05, 0) is 150 Å². The fraction of sp³-hybridized carbons (Fsp3) is 0.125. The van der Waals surface area contributed by atoms with Crippen LogP contribution in [0.3, 0.4) is 0 Å². The molecule has 0 fully saturated rings. The zero-order chi connectivity index (χ0) is 32.8. The Kier molecular flexibility index (Phi) is 6.07. The molecule has 0 atom stereocenters. The van der Waals surface area contributed by atoms with Gasteiger partial charge in [-0.25, -0.2) is 0 Å². The summed E-state index contributed by atoms with van der Waals surface area (Å²) in [5.41, 5.74) is 8.14. The second-order valence-corrected chi connectivity index (χ2v) is 14.3. The fourth-order valence-electron chi connectivity index (χ4n) is 9.32. The van der Waals surface area contributed by atoms with Gasteiger partial charge < -0.3 is 9.80 Å². The SMILES string of the molecule is c1ccc2c(c1)CCCN2c1ccc2c(c1)c1ccccc1c1cc3c4ccc(N5CCCc6ccccc65)cc4c4ccccc4c3cc21. The molecule has 50 heavy (non-hydrogen) atoms. The van der Waals surface area contributed by atoms with Gasteiger partial charge in [0.15, 0.2) is 0 Å². The van der Waals surface area contributed by atoms with Crippen molar-refractivity contribution < 1.29 is 0 Å². The van der Waals surface area contributed by atoms with E-state index in [0.29, 0.717) is 0 Å². The molecule has 0 saturated heterocycles. The van der Waals surface area contributed by atoms with Crippen LogP contribution in [0.4, 0.5) is 22.7 Å². The van der Waals surface area contributed by atoms with Crippen LogP contribution in [0.25, 0.3) is 64.6 Å². The van der Waals surface area contributed by atoms with E-state index >= 15 is 0 Å². The summed E-state index contributed by atoms with van der Waals surface area (Å²) < 4.78 is 0. The summed E-state index contributed by atoms with van der Waals surface area (Å²) in [5, 5.41) is 15.8. The van der Waals surface area contributed by atoms with Crippen LogP contribution in [0.5, 0.6) is 0 Å². The van der Waals surface area contributed by atoms with Crippen LogP contribution >= 0.6 is 0 Å². The third-order valence-electron chi connectivity index (χ3n) is 11.6. The second kappa shape index (κ2) is 10.8. The summed E-state index contributed by atoms with van der Waals surface area (Å²) in [6, 6.07) is 55.2. The Morgan fingerprint density at radius 1 is 0.300 bits per heavy atom. The smallest absolute Gasteiger partial charge is 0.0443 e. The lowest BCUT2D eigenvalue weighted by Gasteiger charge is -2.31. The highest BCUT2D eigenvalue weighted by Gasteiger charge is 2.21. The standard InChI is InChI=1S/C48H36N2/c1-7-19-47-31(11-1)13-9-25-49(47)33-21-23-39-41(27-33)35-15-3-5-17-37(35)43-30-46-40-24-22-34(50-26-10-14-32-12-2-8-20-48(32)50)28-42(40)36-16-4-6-18-38(36)44(46)29-45(39)43/h1-8,11-12,15-24,27-30H,9-10,13-14,25-26H2. The largest absolute Gasteiger partial charge is 0.341 e. The highest BCUT2D eigenvalue weighted by atomic mass is 15.1. The van der Waals surface area contributed by atoms with E-state index in [9.17, 15) is 0 Å². The van der Waals surface area contributed by atoms with Gasteiger partial charge in [-0.15, -0.1) is 0 Å². The number of aryl methyl sites for hydroxylation is 2. The van der Waals surface area contributed by atoms with E-state index in [-0.39, 0.29) is 0 Å². The maximum absolute atomic E-state index is 2.52. The van der Waals surface area contributed by atoms with Crippen LogP contribution in [0, 0.1) is 0 Å². The van der Waals surface area contributed by atoms with E-state index in [0.717, 1.165) is 25.9 Å². The molecule has 2 heterocycles. The van der Waals surface area contributed by atoms with Crippen LogP contribution in [-0.4, -0.2) is 13.1 Å². The van der Waals surface area contributed by atoms with Crippen molar-refractivity contribution in [3.05, 3.63) is 157 Å². The van der Waals surface area contributed by atoms with E-state index < -0.39 is 0 Å². The van der Waals surface area contributed by atoms with Crippen molar-refractivity contribution in [2.24, 2.45) is 0 Å². The first kappa shape index (κ1) is 28.0. The summed E-state index contributed by atoms with van der Waals surface area (Å²) in [4.78, 5) is 5.04. The molecule has 0 radical (unpaired) electrons. The quantitative estimate of drug-likeness (QED) is 0.137. The van der Waals surface area contributed by atoms with E-state index in [2.05, 4.69) is 155 Å². The Labute approximate surface area is 291 Å². The van der Waals surface area contributed by atoms with E-state index in [1.165, 1.54) is 111 Å². The minimum absolute atomic E-state index is 1.05. The molecule has 11 rings (SSSR count). The van der Waals surface area contributed by atoms with Gasteiger partial charge in [0.25, 0.3) is 0 Å². The molecule has 238 valence electrons. The van der Waals surface area contributed by atoms with Gasteiger partial charge in [0.05, 0.1) is 0 Å². The zero-order valence-corrected chi connectivity index (χ0v) is 28.0. The van der Waals surface area contributed by atoms with Gasteiger partial charge in [0, 0.05) is 35.8 Å². The summed E-state index contributed by atoms with van der Waals surface area (Å²) in [5.74, 6) is 0. The van der Waals surface area contributed by atoms with Gasteiger partial charge in [0.1, 0.15) is 0 Å². The summed E-state index contributed by atoms with van der Waals surface area (Å²) >= 11 is 0. The van der Waals surface area contributed by atoms with Crippen molar-refractivity contribution in [1.82, 2.24) is 0 Å². The van der Waals surface area contributed by atoms with Crippen molar-refractivity contribution in [2.75, 3.05) is 22.9 Å². The molecule has 0 saturated carbocycles. The van der Waals surface area contributed by atoms with Crippen LogP contribution < -0.4 is 9.80 Å². The molecule has 0 spiro atoms. The highest BCUT2D eigenvalue weighted by molar-refractivity contribution is 6.33. The number of fused-ring (bicyclic) bond motifs is 14. The molecule has 2 aliphatic rings. The van der Waals surface area contributed by atoms with Crippen molar-refractivity contribution in [3.63, 3.8) is 0 Å². The van der Waals surface area contributed by atoms with E-state index in [4.69, 9.17) is 0 Å². The summed E-state index contributed by atoms with van der Waals surface area (Å²) in [6.45, 7) is 2.09. The number of hydrogen-bond acceptors (Lipinski definition) is 2. The molecular weight excluding hydrogens is 605 g/mol. The number of nitrogens with zero attached hydrogens (tertiary/aromatic N) is 2. The maximum Gasteiger partial charge on any atom is 0.0443 e. The minimum Gasteiger partial charge on any atom is -0.341 e. The summed E-state index contributed by atoms with van der Waals surface area (Å²) in [7, 11) is 0. The lowest BCUT2D eigenvalue weighted by Crippen LogP contribution is -2.24. The van der Waals surface area contributed by atoms with Crippen molar-refractivity contribution in [2.45, 2.75) is 25.7 Å². The first-order chi connectivity index (χ1) is 24.8. The minimum atomic E-state index is 1.05. The lowest BCUT2D eigenvalue weighted by molar-refractivity contribution is 0.767. The molecule has 0 aromatic heterocycles. The second-order valence-electron chi connectivity index (χ2n) is 14.3. The Bertz CT molecular complexity index is 2650. The van der Waals surface area contributed by atoms with Crippen LogP contribution in [0.1, 0.15) is 24.0 Å². The zero-order valence-electron chi connectivity index (χ0n) is 28.0. The number of hydrogen-bond donors (Lipinski definition) is 0. The maximum atomic E-state index is 2.52. The Hall–Kier alpha value is -5.86. The monoisotopic (exact) mass is 640 g/mol. The van der Waals surface area contributed by atoms with Gasteiger partial charge in [-0.3, -0.25) is 0 Å². The van der Waals surface area contributed by atoms with Crippen molar-refractivity contribution >= 4 is 87.4 Å². The van der Waals surface area contributed by atoms with E-state index in [1.807, 2.05) is 0 Å². The normalized spacial score (nSPS) is 14.6. The first-order valence-corrected chi connectivity index (χ1v) is 18.2. The topological polar surface area (TPSA) is 6.48 Å². The molecule has 2 nitrogen and oxygen atoms in total. The molecule has 2 heteroatoms. The molecule has 0 unspecified atom stereocenters. The molecule has 0 aliphatic carbocycles. The van der Waals surface area contributed by atoms with E-state index in [1.54, 1.807) is 0 Å². The molecule has 0 bridgehead atoms. The Balaban J connectivity index is 1.17. The van der Waals surface area contributed by atoms with Crippen LogP contribution in [-0.2, 0) is 12.8 Å². The molecule has 9 aromatic rings. The Morgan fingerprint density at radius 2 is 0.640 bits per heavy atom. The number of benzene rings is 9. The lowest BCUT2D eigenvalue weighted by atomic mass is 9.88. The number of anilines is 4. The van der Waals surface area contributed by atoms with Gasteiger partial charge >= 0.3 is 0 Å². The van der Waals surface area contributed by atoms with Crippen molar-refractivity contribution in [1.29, 1.82) is 0 Å². The number of para-hydroxylation sites is 2. The molecule has 9 aromatic carbocycles. The molecule has 2 aliphatic heterocycles. The molecular formula is C48H36N2. The Morgan fingerprint density at radius 3 is 1.06 bits per heavy atom. The molecule has 0 amide bonds. The van der Waals surface area contributed by atoms with Crippen LogP contribution in [0.15, 0.2) is 146 Å². The molecule has 0 N–H and O–H groups in total. The average Bonchev–Trinajstić information content (AvgIpc) is 3.19. The third-order valence-corrected chi connectivity index (χ3v) is 11.6. The van der Waals surface area contributed by atoms with Gasteiger partial charge in [0.2, 0.25) is 0 Å². The third kappa shape index (κ3) is 4.08. The highest BCUT2D eigenvalue weighted by Crippen LogP contribution is 2.45. The van der Waals surface area contributed by atoms with Gasteiger partial charge in [-0.1, -0.05) is 97.1 Å². The predicted molar refractivity (Wildman–Crippen MR) is 215 cm³/mol. The predicted octanol–water partition coefficient (Wildman–Crippen LogP) is 12.8. The van der Waals surface area contributed by atoms with Crippen LogP contribution in [0.2, 0.25) is 0 Å².